The number of nitrogens with zero attached hydrogens (tertiary/aromatic N) is 1. The monoisotopic (exact) mass is 413 g/mol. The summed E-state index contributed by atoms with van der Waals surface area (Å²) < 4.78 is 0. The number of ketones is 1. The van der Waals surface area contributed by atoms with Crippen LogP contribution in [0.2, 0.25) is 0 Å². The van der Waals surface area contributed by atoms with Crippen LogP contribution in [0.1, 0.15) is 85.0 Å². The van der Waals surface area contributed by atoms with Crippen molar-refractivity contribution in [2.75, 3.05) is 6.54 Å². The summed E-state index contributed by atoms with van der Waals surface area (Å²) in [6.07, 6.45) is 16.0. The van der Waals surface area contributed by atoms with E-state index in [0.29, 0.717) is 12.3 Å². The summed E-state index contributed by atoms with van der Waals surface area (Å²) in [5.74, 6) is 6.62. The molecule has 2 N–H and O–H groups in total. The molecule has 0 amide bonds. The SMILES string of the molecule is CCCC1C(CC)CCC2C1CCC1(C)C(C(=O)CN/N=C\C=N)CC(C3CC3)C21. The van der Waals surface area contributed by atoms with Crippen molar-refractivity contribution in [2.45, 2.75) is 85.0 Å². The Hall–Kier alpha value is -1.19. The summed E-state index contributed by atoms with van der Waals surface area (Å²) in [6, 6.07) is 0. The second-order valence-electron chi connectivity index (χ2n) is 11.1. The zero-order valence-electron chi connectivity index (χ0n) is 19.4. The van der Waals surface area contributed by atoms with E-state index in [9.17, 15) is 4.79 Å². The molecule has 0 spiro atoms. The first-order valence-electron chi connectivity index (χ1n) is 12.8. The Morgan fingerprint density at radius 3 is 2.60 bits per heavy atom. The molecular formula is C26H43N3O. The molecule has 4 heteroatoms. The number of hydrazone groups is 1. The standard InChI is InChI=1S/C26H43N3O/c1-4-6-19-17(5-2)9-10-21-20(19)11-12-26(3)23(24(30)16-29-28-14-13-27)15-22(25(21)26)18-7-8-18/h13-14,17-23,25,27,29H,4-12,15-16H2,1-3H3/b27-13?,28-14-. The van der Waals surface area contributed by atoms with E-state index in [0.717, 1.165) is 54.1 Å². The zero-order valence-corrected chi connectivity index (χ0v) is 19.4. The number of hydrogen-bond donors (Lipinski definition) is 2. The number of hydrogen-bond acceptors (Lipinski definition) is 4. The number of rotatable bonds is 9. The second kappa shape index (κ2) is 9.12. The van der Waals surface area contributed by atoms with E-state index in [4.69, 9.17) is 5.41 Å². The van der Waals surface area contributed by atoms with Crippen molar-refractivity contribution in [3.05, 3.63) is 0 Å². The molecular weight excluding hydrogens is 370 g/mol. The van der Waals surface area contributed by atoms with Crippen LogP contribution in [0.3, 0.4) is 0 Å². The van der Waals surface area contributed by atoms with Crippen LogP contribution in [0, 0.1) is 58.2 Å². The lowest BCUT2D eigenvalue weighted by atomic mass is 9.49. The van der Waals surface area contributed by atoms with Crippen molar-refractivity contribution in [3.8, 4) is 0 Å². The van der Waals surface area contributed by atoms with Gasteiger partial charge in [-0.05, 0) is 91.8 Å². The molecule has 168 valence electrons. The maximum absolute atomic E-state index is 13.3. The normalized spacial score (nSPS) is 43.2. The minimum Gasteiger partial charge on any atom is -0.307 e. The van der Waals surface area contributed by atoms with Crippen molar-refractivity contribution in [1.29, 1.82) is 5.41 Å². The number of nitrogens with one attached hydrogen (secondary N) is 2. The van der Waals surface area contributed by atoms with Gasteiger partial charge in [-0.1, -0.05) is 40.0 Å². The molecule has 8 unspecified atom stereocenters. The van der Waals surface area contributed by atoms with Gasteiger partial charge in [-0.2, -0.15) is 5.10 Å². The number of carbonyl (C=O) groups is 1. The van der Waals surface area contributed by atoms with Gasteiger partial charge in [-0.15, -0.1) is 0 Å². The fraction of sp³-hybridized carbons (Fsp3) is 0.885. The molecule has 0 aromatic carbocycles. The van der Waals surface area contributed by atoms with Gasteiger partial charge in [0.15, 0.2) is 5.78 Å². The van der Waals surface area contributed by atoms with Gasteiger partial charge in [0.1, 0.15) is 0 Å². The smallest absolute Gasteiger partial charge is 0.157 e. The summed E-state index contributed by atoms with van der Waals surface area (Å²) in [5, 5.41) is 11.0. The minimum atomic E-state index is 0.189. The molecule has 0 heterocycles. The van der Waals surface area contributed by atoms with Gasteiger partial charge in [0, 0.05) is 12.1 Å². The fourth-order valence-electron chi connectivity index (χ4n) is 8.55. The highest BCUT2D eigenvalue weighted by Gasteiger charge is 2.63. The molecule has 0 aliphatic heterocycles. The topological polar surface area (TPSA) is 65.3 Å². The third-order valence-electron chi connectivity index (χ3n) is 9.84. The van der Waals surface area contributed by atoms with Gasteiger partial charge in [0.25, 0.3) is 0 Å². The molecule has 0 saturated heterocycles. The third-order valence-corrected chi connectivity index (χ3v) is 9.84. The average molecular weight is 414 g/mol. The molecule has 4 nitrogen and oxygen atoms in total. The lowest BCUT2D eigenvalue weighted by molar-refractivity contribution is -0.129. The molecule has 0 radical (unpaired) electrons. The number of Topliss-reactive ketones (excluding diaryl/α,β-unsaturated/α-hetero) is 1. The van der Waals surface area contributed by atoms with Crippen LogP contribution >= 0.6 is 0 Å². The van der Waals surface area contributed by atoms with E-state index in [2.05, 4.69) is 31.3 Å². The summed E-state index contributed by atoms with van der Waals surface area (Å²) in [5.41, 5.74) is 3.09. The number of carbonyl (C=O) groups excluding carboxylic acids is 1. The van der Waals surface area contributed by atoms with Crippen molar-refractivity contribution in [1.82, 2.24) is 5.43 Å². The first-order chi connectivity index (χ1) is 14.5. The van der Waals surface area contributed by atoms with Crippen molar-refractivity contribution >= 4 is 18.2 Å². The maximum atomic E-state index is 13.3. The summed E-state index contributed by atoms with van der Waals surface area (Å²) in [4.78, 5) is 13.3. The third kappa shape index (κ3) is 3.88. The molecule has 4 aliphatic rings. The van der Waals surface area contributed by atoms with Crippen LogP contribution in [-0.4, -0.2) is 24.8 Å². The predicted octanol–water partition coefficient (Wildman–Crippen LogP) is 5.71. The van der Waals surface area contributed by atoms with Crippen LogP contribution in [0.5, 0.6) is 0 Å². The molecule has 0 aromatic heterocycles. The summed E-state index contributed by atoms with van der Waals surface area (Å²) in [6.45, 7) is 7.58. The summed E-state index contributed by atoms with van der Waals surface area (Å²) >= 11 is 0. The Morgan fingerprint density at radius 1 is 1.13 bits per heavy atom. The minimum absolute atomic E-state index is 0.189. The van der Waals surface area contributed by atoms with Gasteiger partial charge >= 0.3 is 0 Å². The number of fused-ring (bicyclic) bond motifs is 3. The first-order valence-corrected chi connectivity index (χ1v) is 12.8. The Kier molecular flexibility index (Phi) is 6.70. The fourth-order valence-corrected chi connectivity index (χ4v) is 8.55. The zero-order chi connectivity index (χ0) is 21.3. The van der Waals surface area contributed by atoms with Crippen molar-refractivity contribution in [2.24, 2.45) is 57.9 Å². The van der Waals surface area contributed by atoms with E-state index < -0.39 is 0 Å². The van der Waals surface area contributed by atoms with E-state index in [1.54, 1.807) is 0 Å². The van der Waals surface area contributed by atoms with Crippen LogP contribution in [0.4, 0.5) is 0 Å². The Balaban J connectivity index is 1.56. The molecule has 4 fully saturated rings. The van der Waals surface area contributed by atoms with Gasteiger partial charge in [0.2, 0.25) is 0 Å². The highest BCUT2D eigenvalue weighted by molar-refractivity contribution is 6.14. The van der Waals surface area contributed by atoms with Gasteiger partial charge in [0.05, 0.1) is 12.8 Å². The van der Waals surface area contributed by atoms with Crippen LogP contribution in [0.25, 0.3) is 0 Å². The molecule has 0 bridgehead atoms. The lowest BCUT2D eigenvalue weighted by Gasteiger charge is -2.55. The molecule has 8 atom stereocenters. The predicted molar refractivity (Wildman–Crippen MR) is 124 cm³/mol. The van der Waals surface area contributed by atoms with Gasteiger partial charge < -0.3 is 10.8 Å². The Bertz CT molecular complexity index is 657. The van der Waals surface area contributed by atoms with Gasteiger partial charge in [-0.25, -0.2) is 0 Å². The summed E-state index contributed by atoms with van der Waals surface area (Å²) in [7, 11) is 0. The average Bonchev–Trinajstić information content (AvgIpc) is 3.53. The van der Waals surface area contributed by atoms with Crippen molar-refractivity contribution < 1.29 is 4.79 Å². The largest absolute Gasteiger partial charge is 0.307 e. The van der Waals surface area contributed by atoms with E-state index in [1.807, 2.05) is 0 Å². The molecule has 0 aromatic rings. The van der Waals surface area contributed by atoms with E-state index in [1.165, 1.54) is 64.0 Å². The van der Waals surface area contributed by atoms with Crippen LogP contribution < -0.4 is 5.43 Å². The maximum Gasteiger partial charge on any atom is 0.157 e. The lowest BCUT2D eigenvalue weighted by Crippen LogP contribution is -2.50. The van der Waals surface area contributed by atoms with Crippen LogP contribution in [0.15, 0.2) is 5.10 Å². The molecule has 4 rings (SSSR count). The molecule has 30 heavy (non-hydrogen) atoms. The Labute approximate surface area is 183 Å². The molecule has 4 saturated carbocycles. The highest BCUT2D eigenvalue weighted by atomic mass is 16.1. The van der Waals surface area contributed by atoms with E-state index >= 15 is 0 Å². The van der Waals surface area contributed by atoms with Gasteiger partial charge in [-0.3, -0.25) is 4.79 Å². The quantitative estimate of drug-likeness (QED) is 0.375. The Morgan fingerprint density at radius 2 is 1.93 bits per heavy atom. The highest BCUT2D eigenvalue weighted by Crippen LogP contribution is 2.68. The van der Waals surface area contributed by atoms with Crippen molar-refractivity contribution in [3.63, 3.8) is 0 Å². The van der Waals surface area contributed by atoms with Crippen LogP contribution in [-0.2, 0) is 4.79 Å². The second-order valence-corrected chi connectivity index (χ2v) is 11.1. The first kappa shape index (κ1) is 22.0. The molecule has 4 aliphatic carbocycles. The van der Waals surface area contributed by atoms with E-state index in [-0.39, 0.29) is 11.3 Å².